The average molecular weight is 378 g/mol. The summed E-state index contributed by atoms with van der Waals surface area (Å²) in [6, 6.07) is 3.89. The van der Waals surface area contributed by atoms with Gasteiger partial charge in [0.25, 0.3) is 0 Å². The van der Waals surface area contributed by atoms with E-state index in [1.165, 1.54) is 0 Å². The van der Waals surface area contributed by atoms with Crippen LogP contribution < -0.4 is 0 Å². The van der Waals surface area contributed by atoms with Crippen LogP contribution in [0.1, 0.15) is 5.76 Å². The molecule has 0 radical (unpaired) electrons. The van der Waals surface area contributed by atoms with Crippen LogP contribution in [0, 0.1) is 11.8 Å². The minimum Gasteiger partial charge on any atom is -0.475 e. The number of methoxy groups -OCH3 is 1. The van der Waals surface area contributed by atoms with Crippen LogP contribution in [0.5, 0.6) is 0 Å². The summed E-state index contributed by atoms with van der Waals surface area (Å²) >= 11 is 0. The Labute approximate surface area is 148 Å². The summed E-state index contributed by atoms with van der Waals surface area (Å²) in [6.45, 7) is 4.88. The zero-order valence-electron chi connectivity index (χ0n) is 14.2. The smallest absolute Gasteiger partial charge is 0.475 e. The standard InChI is InChI=1S/C14H20N2O3.C2HF3O2/c1-18-6-4-16-8-11-7-15(10-13(11)14(16)17)9-12-3-2-5-19-12;3-2(4,5)1(6)7/h2-3,5,11,13H,4,6-10H2,1H3;(H,6,7)/t11-,13-;/m0./s1. The molecule has 2 atom stereocenters. The number of hydrogen-bond acceptors (Lipinski definition) is 5. The van der Waals surface area contributed by atoms with Crippen molar-refractivity contribution in [3.63, 3.8) is 0 Å². The summed E-state index contributed by atoms with van der Waals surface area (Å²) in [4.78, 5) is 25.4. The molecule has 2 aliphatic heterocycles. The monoisotopic (exact) mass is 378 g/mol. The van der Waals surface area contributed by atoms with Crippen molar-refractivity contribution in [3.8, 4) is 0 Å². The van der Waals surface area contributed by atoms with Gasteiger partial charge < -0.3 is 19.2 Å². The largest absolute Gasteiger partial charge is 0.490 e. The van der Waals surface area contributed by atoms with E-state index in [0.29, 0.717) is 18.4 Å². The van der Waals surface area contributed by atoms with Crippen molar-refractivity contribution in [1.82, 2.24) is 9.80 Å². The minimum atomic E-state index is -5.08. The molecule has 0 aromatic carbocycles. The first-order valence-electron chi connectivity index (χ1n) is 8.05. The average Bonchev–Trinajstić information content (AvgIpc) is 3.25. The van der Waals surface area contributed by atoms with E-state index in [-0.39, 0.29) is 5.92 Å². The second-order valence-corrected chi connectivity index (χ2v) is 6.22. The van der Waals surface area contributed by atoms with Crippen molar-refractivity contribution in [3.05, 3.63) is 24.2 Å². The molecule has 1 amide bonds. The Kier molecular flexibility index (Phi) is 6.65. The van der Waals surface area contributed by atoms with Crippen LogP contribution in [-0.4, -0.2) is 72.9 Å². The fraction of sp³-hybridized carbons (Fsp3) is 0.625. The van der Waals surface area contributed by atoms with Gasteiger partial charge in [-0.3, -0.25) is 9.69 Å². The zero-order chi connectivity index (χ0) is 19.3. The lowest BCUT2D eigenvalue weighted by Crippen LogP contribution is -2.34. The number of hydrogen-bond donors (Lipinski definition) is 1. The van der Waals surface area contributed by atoms with Gasteiger partial charge in [0.1, 0.15) is 5.76 Å². The summed E-state index contributed by atoms with van der Waals surface area (Å²) in [5.74, 6) is -0.841. The van der Waals surface area contributed by atoms with E-state index in [9.17, 15) is 18.0 Å². The molecule has 2 aliphatic rings. The van der Waals surface area contributed by atoms with Gasteiger partial charge in [-0.05, 0) is 12.1 Å². The second kappa shape index (κ2) is 8.54. The molecule has 0 unspecified atom stereocenters. The highest BCUT2D eigenvalue weighted by molar-refractivity contribution is 5.82. The minimum absolute atomic E-state index is 0.173. The third-order valence-electron chi connectivity index (χ3n) is 4.37. The molecule has 26 heavy (non-hydrogen) atoms. The Morgan fingerprint density at radius 3 is 2.58 bits per heavy atom. The Bertz CT molecular complexity index is 606. The van der Waals surface area contributed by atoms with Crippen LogP contribution in [0.2, 0.25) is 0 Å². The van der Waals surface area contributed by atoms with Crippen LogP contribution in [0.25, 0.3) is 0 Å². The van der Waals surface area contributed by atoms with E-state index >= 15 is 0 Å². The first-order chi connectivity index (χ1) is 12.2. The number of halogens is 3. The number of carboxylic acids is 1. The van der Waals surface area contributed by atoms with Crippen LogP contribution in [0.15, 0.2) is 22.8 Å². The molecular formula is C16H21F3N2O5. The first kappa shape index (κ1) is 20.2. The van der Waals surface area contributed by atoms with E-state index in [1.807, 2.05) is 17.0 Å². The van der Waals surface area contributed by atoms with Crippen molar-refractivity contribution >= 4 is 11.9 Å². The van der Waals surface area contributed by atoms with Gasteiger partial charge in [-0.15, -0.1) is 0 Å². The molecule has 2 fully saturated rings. The maximum Gasteiger partial charge on any atom is 0.490 e. The fourth-order valence-electron chi connectivity index (χ4n) is 3.19. The number of carbonyl (C=O) groups excluding carboxylic acids is 1. The highest BCUT2D eigenvalue weighted by Crippen LogP contribution is 2.32. The number of carboxylic acid groups (broad SMARTS) is 1. The summed E-state index contributed by atoms with van der Waals surface area (Å²) in [7, 11) is 1.67. The number of nitrogens with zero attached hydrogens (tertiary/aromatic N) is 2. The molecule has 1 aromatic heterocycles. The number of fused-ring (bicyclic) bond motifs is 1. The molecule has 3 heterocycles. The van der Waals surface area contributed by atoms with Crippen molar-refractivity contribution in [2.45, 2.75) is 12.7 Å². The van der Waals surface area contributed by atoms with E-state index < -0.39 is 12.1 Å². The quantitative estimate of drug-likeness (QED) is 0.835. The van der Waals surface area contributed by atoms with Crippen LogP contribution in [0.3, 0.4) is 0 Å². The Hall–Kier alpha value is -2.07. The highest BCUT2D eigenvalue weighted by Gasteiger charge is 2.45. The van der Waals surface area contributed by atoms with Gasteiger partial charge in [-0.1, -0.05) is 0 Å². The van der Waals surface area contributed by atoms with Crippen molar-refractivity contribution < 1.29 is 37.0 Å². The summed E-state index contributed by atoms with van der Waals surface area (Å²) < 4.78 is 42.1. The molecule has 0 spiro atoms. The van der Waals surface area contributed by atoms with E-state index in [2.05, 4.69) is 4.90 Å². The van der Waals surface area contributed by atoms with E-state index in [1.54, 1.807) is 13.4 Å². The number of aliphatic carboxylic acids is 1. The van der Waals surface area contributed by atoms with Crippen LogP contribution in [0.4, 0.5) is 13.2 Å². The SMILES string of the molecule is COCCN1C[C@@H]2CN(Cc3ccco3)C[C@@H]2C1=O.O=C(O)C(F)(F)F. The molecule has 146 valence electrons. The lowest BCUT2D eigenvalue weighted by Gasteiger charge is -2.20. The number of amides is 1. The van der Waals surface area contributed by atoms with Crippen LogP contribution in [-0.2, 0) is 20.9 Å². The molecule has 10 heteroatoms. The molecule has 0 aliphatic carbocycles. The lowest BCUT2D eigenvalue weighted by molar-refractivity contribution is -0.192. The number of alkyl halides is 3. The topological polar surface area (TPSA) is 83.2 Å². The van der Waals surface area contributed by atoms with Gasteiger partial charge in [0, 0.05) is 39.2 Å². The normalized spacial score (nSPS) is 22.9. The number of likely N-dealkylation sites (tertiary alicyclic amines) is 2. The van der Waals surface area contributed by atoms with Crippen molar-refractivity contribution in [1.29, 1.82) is 0 Å². The first-order valence-corrected chi connectivity index (χ1v) is 8.05. The molecule has 1 aromatic rings. The summed E-state index contributed by atoms with van der Waals surface area (Å²) in [5, 5.41) is 7.12. The van der Waals surface area contributed by atoms with Crippen molar-refractivity contribution in [2.24, 2.45) is 11.8 Å². The molecule has 7 nitrogen and oxygen atoms in total. The molecule has 1 N–H and O–H groups in total. The van der Waals surface area contributed by atoms with Crippen molar-refractivity contribution in [2.75, 3.05) is 39.9 Å². The third-order valence-corrected chi connectivity index (χ3v) is 4.37. The second-order valence-electron chi connectivity index (χ2n) is 6.22. The number of carbonyl (C=O) groups is 2. The predicted octanol–water partition coefficient (Wildman–Crippen LogP) is 1.45. The Balaban J connectivity index is 0.000000298. The highest BCUT2D eigenvalue weighted by atomic mass is 19.4. The van der Waals surface area contributed by atoms with Gasteiger partial charge in [0.15, 0.2) is 0 Å². The maximum atomic E-state index is 12.3. The number of rotatable bonds is 5. The number of ether oxygens (including phenoxy) is 1. The van der Waals surface area contributed by atoms with Gasteiger partial charge in [0.05, 0.1) is 25.3 Å². The molecule has 3 rings (SSSR count). The Morgan fingerprint density at radius 2 is 2.08 bits per heavy atom. The van der Waals surface area contributed by atoms with Gasteiger partial charge in [-0.25, -0.2) is 4.79 Å². The molecule has 2 saturated heterocycles. The van der Waals surface area contributed by atoms with E-state index in [0.717, 1.165) is 38.5 Å². The Morgan fingerprint density at radius 1 is 1.38 bits per heavy atom. The predicted molar refractivity (Wildman–Crippen MR) is 83.1 cm³/mol. The van der Waals surface area contributed by atoms with E-state index in [4.69, 9.17) is 19.1 Å². The zero-order valence-corrected chi connectivity index (χ0v) is 14.2. The molecular weight excluding hydrogens is 357 g/mol. The lowest BCUT2D eigenvalue weighted by atomic mass is 10.0. The molecule has 0 bridgehead atoms. The summed E-state index contributed by atoms with van der Waals surface area (Å²) in [6.07, 6.45) is -3.39. The molecule has 0 saturated carbocycles. The third kappa shape index (κ3) is 5.21. The summed E-state index contributed by atoms with van der Waals surface area (Å²) in [5.41, 5.74) is 0. The van der Waals surface area contributed by atoms with Crippen LogP contribution >= 0.6 is 0 Å². The number of furan rings is 1. The van der Waals surface area contributed by atoms with Gasteiger partial charge >= 0.3 is 12.1 Å². The van der Waals surface area contributed by atoms with Gasteiger partial charge in [0.2, 0.25) is 5.91 Å². The van der Waals surface area contributed by atoms with Gasteiger partial charge in [-0.2, -0.15) is 13.2 Å². The fourth-order valence-corrected chi connectivity index (χ4v) is 3.19. The maximum absolute atomic E-state index is 12.3.